The van der Waals surface area contributed by atoms with Crippen molar-refractivity contribution in [3.8, 4) is 17.2 Å². The molecule has 1 fully saturated rings. The van der Waals surface area contributed by atoms with Crippen LogP contribution >= 0.6 is 0 Å². The van der Waals surface area contributed by atoms with Crippen LogP contribution in [0.1, 0.15) is 50.0 Å². The molecule has 226 valence electrons. The number of fused-ring (bicyclic) bond motifs is 1. The van der Waals surface area contributed by atoms with Gasteiger partial charge in [-0.1, -0.05) is 18.2 Å². The van der Waals surface area contributed by atoms with Crippen LogP contribution in [0.25, 0.3) is 11.0 Å². The van der Waals surface area contributed by atoms with E-state index in [0.29, 0.717) is 53.5 Å². The van der Waals surface area contributed by atoms with Crippen LogP contribution in [0.5, 0.6) is 17.2 Å². The van der Waals surface area contributed by atoms with E-state index in [0.717, 1.165) is 17.7 Å². The largest absolute Gasteiger partial charge is 0.497 e. The maximum atomic E-state index is 12.7. The summed E-state index contributed by atoms with van der Waals surface area (Å²) in [7, 11) is 1.63. The zero-order valence-corrected chi connectivity index (χ0v) is 25.1. The van der Waals surface area contributed by atoms with E-state index < -0.39 is 11.6 Å². The minimum absolute atomic E-state index is 0.0553. The first-order valence-corrected chi connectivity index (χ1v) is 14.3. The molecule has 0 saturated carbocycles. The number of esters is 1. The number of ether oxygens (including phenoxy) is 4. The molecule has 1 atom stereocenters. The van der Waals surface area contributed by atoms with Crippen LogP contribution < -0.4 is 14.8 Å². The number of methoxy groups -OCH3 is 1. The Balaban J connectivity index is 1.46. The van der Waals surface area contributed by atoms with Gasteiger partial charge in [-0.2, -0.15) is 5.10 Å². The fourth-order valence-corrected chi connectivity index (χ4v) is 4.86. The summed E-state index contributed by atoms with van der Waals surface area (Å²) in [5.74, 6) is 1.94. The van der Waals surface area contributed by atoms with Crippen molar-refractivity contribution in [2.75, 3.05) is 32.1 Å². The molecule has 1 saturated heterocycles. The summed E-state index contributed by atoms with van der Waals surface area (Å²) in [5.41, 5.74) is 1.47. The number of anilines is 1. The number of carbonyl (C=O) groups is 2. The fraction of sp³-hybridized carbons (Fsp3) is 0.375. The third-order valence-corrected chi connectivity index (χ3v) is 6.84. The summed E-state index contributed by atoms with van der Waals surface area (Å²) in [6, 6.07) is 16.3. The Morgan fingerprint density at radius 3 is 2.58 bits per heavy atom. The third kappa shape index (κ3) is 7.17. The van der Waals surface area contributed by atoms with Crippen molar-refractivity contribution in [2.45, 2.75) is 52.3 Å². The minimum Gasteiger partial charge on any atom is -0.497 e. The lowest BCUT2D eigenvalue weighted by Crippen LogP contribution is -2.36. The standard InChI is InChI=1S/C32H37N5O6/c1-6-41-30(38)22-8-7-9-25(18-22)42-26-14-16-33-29-27(26)28(35-37(29)19-21-10-12-24(40-5)13-11-21)34-23-15-17-36(20-23)31(39)43-32(2,3)4/h7-14,16,18,23H,6,15,17,19-20H2,1-5H3,(H,34,35). The molecule has 2 aromatic carbocycles. The van der Waals surface area contributed by atoms with Crippen LogP contribution in [-0.2, 0) is 16.0 Å². The first-order chi connectivity index (χ1) is 20.6. The second-order valence-corrected chi connectivity index (χ2v) is 11.3. The number of nitrogens with zero attached hydrogens (tertiary/aromatic N) is 4. The van der Waals surface area contributed by atoms with E-state index in [9.17, 15) is 9.59 Å². The molecule has 1 unspecified atom stereocenters. The van der Waals surface area contributed by atoms with E-state index in [4.69, 9.17) is 24.0 Å². The number of amides is 1. The topological polar surface area (TPSA) is 117 Å². The third-order valence-electron chi connectivity index (χ3n) is 6.84. The number of benzene rings is 2. The predicted molar refractivity (Wildman–Crippen MR) is 162 cm³/mol. The zero-order chi connectivity index (χ0) is 30.6. The van der Waals surface area contributed by atoms with E-state index >= 15 is 0 Å². The van der Waals surface area contributed by atoms with E-state index in [-0.39, 0.29) is 18.7 Å². The van der Waals surface area contributed by atoms with Gasteiger partial charge in [0.15, 0.2) is 11.5 Å². The van der Waals surface area contributed by atoms with E-state index in [2.05, 4.69) is 10.3 Å². The number of carbonyl (C=O) groups excluding carboxylic acids is 2. The number of aromatic nitrogens is 3. The summed E-state index contributed by atoms with van der Waals surface area (Å²) in [4.78, 5) is 31.4. The first kappa shape index (κ1) is 29.7. The molecule has 0 radical (unpaired) electrons. The molecule has 4 aromatic rings. The lowest BCUT2D eigenvalue weighted by molar-refractivity contribution is 0.0293. The van der Waals surface area contributed by atoms with Crippen LogP contribution in [0.2, 0.25) is 0 Å². The second-order valence-electron chi connectivity index (χ2n) is 11.3. The van der Waals surface area contributed by atoms with Gasteiger partial charge in [0, 0.05) is 31.4 Å². The molecule has 43 heavy (non-hydrogen) atoms. The number of likely N-dealkylation sites (tertiary alicyclic amines) is 1. The van der Waals surface area contributed by atoms with Crippen molar-refractivity contribution in [2.24, 2.45) is 0 Å². The normalized spacial score (nSPS) is 14.9. The summed E-state index contributed by atoms with van der Waals surface area (Å²) in [6.45, 7) is 9.12. The Morgan fingerprint density at radius 2 is 1.86 bits per heavy atom. The highest BCUT2D eigenvalue weighted by Crippen LogP contribution is 2.35. The molecule has 1 aliphatic rings. The van der Waals surface area contributed by atoms with Crippen LogP contribution in [0, 0.1) is 0 Å². The highest BCUT2D eigenvalue weighted by Gasteiger charge is 2.31. The van der Waals surface area contributed by atoms with Crippen molar-refractivity contribution >= 4 is 28.9 Å². The second kappa shape index (κ2) is 12.6. The lowest BCUT2D eigenvalue weighted by Gasteiger charge is -2.24. The highest BCUT2D eigenvalue weighted by atomic mass is 16.6. The van der Waals surface area contributed by atoms with Crippen molar-refractivity contribution in [1.29, 1.82) is 0 Å². The van der Waals surface area contributed by atoms with Gasteiger partial charge in [-0.05, 0) is 70.0 Å². The highest BCUT2D eigenvalue weighted by molar-refractivity contribution is 5.94. The van der Waals surface area contributed by atoms with Gasteiger partial charge in [-0.15, -0.1) is 0 Å². The summed E-state index contributed by atoms with van der Waals surface area (Å²) >= 11 is 0. The van der Waals surface area contributed by atoms with Crippen LogP contribution in [-0.4, -0.2) is 70.2 Å². The molecule has 1 amide bonds. The van der Waals surface area contributed by atoms with Gasteiger partial charge in [-0.25, -0.2) is 19.3 Å². The molecule has 0 spiro atoms. The predicted octanol–water partition coefficient (Wildman–Crippen LogP) is 5.88. The Bertz CT molecular complexity index is 1590. The van der Waals surface area contributed by atoms with Gasteiger partial charge in [0.25, 0.3) is 0 Å². The van der Waals surface area contributed by atoms with Gasteiger partial charge < -0.3 is 29.2 Å². The van der Waals surface area contributed by atoms with Crippen molar-refractivity contribution in [3.05, 3.63) is 71.9 Å². The quantitative estimate of drug-likeness (QED) is 0.240. The fourth-order valence-electron chi connectivity index (χ4n) is 4.86. The van der Waals surface area contributed by atoms with Crippen molar-refractivity contribution in [3.63, 3.8) is 0 Å². The Labute approximate surface area is 250 Å². The summed E-state index contributed by atoms with van der Waals surface area (Å²) in [6.07, 6.45) is 2.06. The minimum atomic E-state index is -0.568. The average Bonchev–Trinajstić information content (AvgIpc) is 3.58. The van der Waals surface area contributed by atoms with Gasteiger partial charge >= 0.3 is 12.1 Å². The van der Waals surface area contributed by atoms with Crippen LogP contribution in [0.3, 0.4) is 0 Å². The summed E-state index contributed by atoms with van der Waals surface area (Å²) in [5, 5.41) is 9.14. The maximum Gasteiger partial charge on any atom is 0.410 e. The SMILES string of the molecule is CCOC(=O)c1cccc(Oc2ccnc3c2c(NC2CCN(C(=O)OC(C)(C)C)C2)nn3Cc2ccc(OC)cc2)c1. The molecule has 1 aliphatic heterocycles. The molecular formula is C32H37N5O6. The number of nitrogens with one attached hydrogen (secondary N) is 1. The van der Waals surface area contributed by atoms with Crippen LogP contribution in [0.4, 0.5) is 10.6 Å². The summed E-state index contributed by atoms with van der Waals surface area (Å²) < 4.78 is 24.2. The van der Waals surface area contributed by atoms with E-state index in [1.807, 2.05) is 49.7 Å². The molecule has 5 rings (SSSR count). The van der Waals surface area contributed by atoms with Gasteiger partial charge in [-0.3, -0.25) is 0 Å². The van der Waals surface area contributed by atoms with Gasteiger partial charge in [0.1, 0.15) is 28.2 Å². The van der Waals surface area contributed by atoms with E-state index in [1.54, 1.807) is 55.5 Å². The van der Waals surface area contributed by atoms with Gasteiger partial charge in [0.2, 0.25) is 0 Å². The number of hydrogen-bond donors (Lipinski definition) is 1. The first-order valence-electron chi connectivity index (χ1n) is 14.3. The van der Waals surface area contributed by atoms with Crippen LogP contribution in [0.15, 0.2) is 60.8 Å². The Morgan fingerprint density at radius 1 is 1.07 bits per heavy atom. The average molecular weight is 588 g/mol. The van der Waals surface area contributed by atoms with E-state index in [1.165, 1.54) is 0 Å². The molecule has 0 bridgehead atoms. The molecule has 2 aromatic heterocycles. The molecule has 11 nitrogen and oxygen atoms in total. The Kier molecular flexibility index (Phi) is 8.70. The smallest absolute Gasteiger partial charge is 0.410 e. The zero-order valence-electron chi connectivity index (χ0n) is 25.1. The monoisotopic (exact) mass is 587 g/mol. The number of hydrogen-bond acceptors (Lipinski definition) is 9. The number of rotatable bonds is 9. The molecule has 11 heteroatoms. The van der Waals surface area contributed by atoms with Gasteiger partial charge in [0.05, 0.1) is 25.8 Å². The Hall–Kier alpha value is -4.80. The molecule has 3 heterocycles. The van der Waals surface area contributed by atoms with Crippen molar-refractivity contribution < 1.29 is 28.5 Å². The van der Waals surface area contributed by atoms with Crippen molar-refractivity contribution in [1.82, 2.24) is 19.7 Å². The lowest BCUT2D eigenvalue weighted by atomic mass is 10.2. The number of pyridine rings is 1. The maximum absolute atomic E-state index is 12.7. The molecular weight excluding hydrogens is 550 g/mol. The molecule has 0 aliphatic carbocycles. The molecule has 1 N–H and O–H groups in total.